The molecule has 0 aromatic carbocycles. The molecule has 0 spiro atoms. The average molecular weight is 378 g/mol. The van der Waals surface area contributed by atoms with Gasteiger partial charge < -0.3 is 15.8 Å². The lowest BCUT2D eigenvalue weighted by molar-refractivity contribution is 0.120. The molecule has 2 aliphatic rings. The number of nitrogens with one attached hydrogen (secondary N) is 1. The largest absolute Gasteiger partial charge is 0.383 e. The molecule has 1 saturated carbocycles. The van der Waals surface area contributed by atoms with Gasteiger partial charge in [0.25, 0.3) is 0 Å². The molecule has 1 atom stereocenters. The van der Waals surface area contributed by atoms with Crippen molar-refractivity contribution >= 4 is 11.8 Å². The fourth-order valence-electron chi connectivity index (χ4n) is 4.34. The Labute approximate surface area is 165 Å². The molecule has 0 amide bonds. The van der Waals surface area contributed by atoms with Crippen LogP contribution in [-0.2, 0) is 4.74 Å². The highest BCUT2D eigenvalue weighted by Gasteiger charge is 2.25. The molecule has 3 heterocycles. The van der Waals surface area contributed by atoms with Gasteiger partial charge in [-0.05, 0) is 38.2 Å². The first-order chi connectivity index (χ1) is 13.7. The smallest absolute Gasteiger partial charge is 0.222 e. The molecule has 7 heteroatoms. The number of ether oxygens (including phenoxy) is 1. The van der Waals surface area contributed by atoms with Crippen LogP contribution in [0.4, 0.5) is 11.8 Å². The molecule has 0 radical (unpaired) electrons. The highest BCUT2D eigenvalue weighted by Crippen LogP contribution is 2.39. The topological polar surface area (TPSA) is 110 Å². The summed E-state index contributed by atoms with van der Waals surface area (Å²) in [5, 5.41) is 12.9. The second-order valence-corrected chi connectivity index (χ2v) is 7.66. The first kappa shape index (κ1) is 18.6. The minimum Gasteiger partial charge on any atom is -0.383 e. The predicted molar refractivity (Wildman–Crippen MR) is 108 cm³/mol. The van der Waals surface area contributed by atoms with Crippen LogP contribution in [0.25, 0.3) is 11.1 Å². The quantitative estimate of drug-likeness (QED) is 0.818. The van der Waals surface area contributed by atoms with E-state index >= 15 is 0 Å². The normalized spacial score (nSPS) is 19.6. The zero-order chi connectivity index (χ0) is 19.5. The predicted octanol–water partition coefficient (Wildman–Crippen LogP) is 3.55. The molecular formula is C21H26N6O. The summed E-state index contributed by atoms with van der Waals surface area (Å²) < 4.78 is 5.61. The van der Waals surface area contributed by atoms with Crippen LogP contribution < -0.4 is 11.1 Å². The standard InChI is InChI=1S/C21H26N6O/c1-13-18(17(9-22)20(23)27-19(13)14-5-2-3-6-14)15-10-24-21(25-11-15)26-12-16-7-4-8-28-16/h10-11,14,16H,2-8,12H2,1H3,(H2,23,27)(H,24,25,26)/t16-/m1/s1. The van der Waals surface area contributed by atoms with E-state index in [1.54, 1.807) is 12.4 Å². The van der Waals surface area contributed by atoms with Crippen molar-refractivity contribution in [1.82, 2.24) is 15.0 Å². The Morgan fingerprint density at radius 3 is 2.61 bits per heavy atom. The first-order valence-corrected chi connectivity index (χ1v) is 10.1. The summed E-state index contributed by atoms with van der Waals surface area (Å²) in [6.45, 7) is 3.56. The zero-order valence-corrected chi connectivity index (χ0v) is 16.2. The van der Waals surface area contributed by atoms with Gasteiger partial charge in [-0.3, -0.25) is 0 Å². The number of nitrogen functional groups attached to an aromatic ring is 1. The van der Waals surface area contributed by atoms with Crippen LogP contribution >= 0.6 is 0 Å². The van der Waals surface area contributed by atoms with Crippen LogP contribution in [-0.4, -0.2) is 34.2 Å². The van der Waals surface area contributed by atoms with Crippen LogP contribution in [0.1, 0.15) is 61.3 Å². The third-order valence-electron chi connectivity index (χ3n) is 5.81. The highest BCUT2D eigenvalue weighted by atomic mass is 16.5. The second-order valence-electron chi connectivity index (χ2n) is 7.66. The van der Waals surface area contributed by atoms with Crippen LogP contribution in [0, 0.1) is 18.3 Å². The SMILES string of the molecule is Cc1c(C2CCCC2)nc(N)c(C#N)c1-c1cnc(NC[C@H]2CCCO2)nc1. The van der Waals surface area contributed by atoms with Crippen molar-refractivity contribution in [2.45, 2.75) is 57.5 Å². The fraction of sp³-hybridized carbons (Fsp3) is 0.524. The van der Waals surface area contributed by atoms with E-state index in [0.717, 1.165) is 54.7 Å². The molecule has 2 aromatic heterocycles. The maximum Gasteiger partial charge on any atom is 0.222 e. The minimum absolute atomic E-state index is 0.227. The van der Waals surface area contributed by atoms with Gasteiger partial charge in [0.2, 0.25) is 5.95 Å². The number of hydrogen-bond donors (Lipinski definition) is 2. The summed E-state index contributed by atoms with van der Waals surface area (Å²) in [6, 6.07) is 2.22. The Balaban J connectivity index is 1.62. The number of anilines is 2. The van der Waals surface area contributed by atoms with E-state index in [1.165, 1.54) is 12.8 Å². The summed E-state index contributed by atoms with van der Waals surface area (Å²) in [4.78, 5) is 13.5. The van der Waals surface area contributed by atoms with Crippen LogP contribution in [0.5, 0.6) is 0 Å². The molecule has 1 saturated heterocycles. The molecule has 146 valence electrons. The number of rotatable bonds is 5. The third-order valence-corrected chi connectivity index (χ3v) is 5.81. The summed E-state index contributed by atoms with van der Waals surface area (Å²) in [5.74, 6) is 1.28. The van der Waals surface area contributed by atoms with Crippen molar-refractivity contribution in [2.24, 2.45) is 0 Å². The number of hydrogen-bond acceptors (Lipinski definition) is 7. The number of aromatic nitrogens is 3. The zero-order valence-electron chi connectivity index (χ0n) is 16.2. The Morgan fingerprint density at radius 2 is 1.96 bits per heavy atom. The first-order valence-electron chi connectivity index (χ1n) is 10.1. The monoisotopic (exact) mass is 378 g/mol. The lowest BCUT2D eigenvalue weighted by Crippen LogP contribution is -2.19. The van der Waals surface area contributed by atoms with E-state index in [0.29, 0.717) is 29.8 Å². The van der Waals surface area contributed by atoms with Gasteiger partial charge in [0, 0.05) is 48.3 Å². The van der Waals surface area contributed by atoms with Crippen LogP contribution in [0.3, 0.4) is 0 Å². The fourth-order valence-corrected chi connectivity index (χ4v) is 4.34. The van der Waals surface area contributed by atoms with Gasteiger partial charge in [-0.1, -0.05) is 12.8 Å². The molecule has 0 unspecified atom stereocenters. The Morgan fingerprint density at radius 1 is 1.21 bits per heavy atom. The van der Waals surface area contributed by atoms with Gasteiger partial charge in [0.1, 0.15) is 17.5 Å². The van der Waals surface area contributed by atoms with E-state index in [-0.39, 0.29) is 6.10 Å². The van der Waals surface area contributed by atoms with Crippen molar-refractivity contribution in [3.63, 3.8) is 0 Å². The second kappa shape index (κ2) is 8.11. The van der Waals surface area contributed by atoms with Crippen LogP contribution in [0.2, 0.25) is 0 Å². The van der Waals surface area contributed by atoms with Gasteiger partial charge in [-0.25, -0.2) is 15.0 Å². The van der Waals surface area contributed by atoms with Crippen molar-refractivity contribution in [3.8, 4) is 17.2 Å². The van der Waals surface area contributed by atoms with E-state index in [9.17, 15) is 5.26 Å². The van der Waals surface area contributed by atoms with Gasteiger partial charge in [-0.2, -0.15) is 5.26 Å². The third kappa shape index (κ3) is 3.65. The average Bonchev–Trinajstić information content (AvgIpc) is 3.42. The molecule has 7 nitrogen and oxygen atoms in total. The Bertz CT molecular complexity index is 877. The van der Waals surface area contributed by atoms with Gasteiger partial charge in [0.05, 0.1) is 6.10 Å². The summed E-state index contributed by atoms with van der Waals surface area (Å²) in [5.41, 5.74) is 10.2. The minimum atomic E-state index is 0.227. The summed E-state index contributed by atoms with van der Waals surface area (Å²) in [6.07, 6.45) is 10.6. The number of nitrogens with zero attached hydrogens (tertiary/aromatic N) is 4. The van der Waals surface area contributed by atoms with Crippen LogP contribution in [0.15, 0.2) is 12.4 Å². The number of nitriles is 1. The molecule has 0 bridgehead atoms. The highest BCUT2D eigenvalue weighted by molar-refractivity contribution is 5.78. The Kier molecular flexibility index (Phi) is 5.40. The number of pyridine rings is 1. The van der Waals surface area contributed by atoms with E-state index in [4.69, 9.17) is 10.5 Å². The molecule has 1 aliphatic heterocycles. The molecule has 4 rings (SSSR count). The molecule has 1 aliphatic carbocycles. The van der Waals surface area contributed by atoms with Gasteiger partial charge in [0.15, 0.2) is 0 Å². The lowest BCUT2D eigenvalue weighted by atomic mass is 9.91. The summed E-state index contributed by atoms with van der Waals surface area (Å²) in [7, 11) is 0. The molecule has 28 heavy (non-hydrogen) atoms. The molecule has 2 aromatic rings. The van der Waals surface area contributed by atoms with E-state index in [2.05, 4.69) is 26.3 Å². The van der Waals surface area contributed by atoms with Crippen molar-refractivity contribution in [2.75, 3.05) is 24.2 Å². The summed E-state index contributed by atoms with van der Waals surface area (Å²) >= 11 is 0. The van der Waals surface area contributed by atoms with E-state index in [1.807, 2.05) is 6.92 Å². The maximum atomic E-state index is 9.66. The molecule has 2 fully saturated rings. The number of nitrogens with two attached hydrogens (primary N) is 1. The molecule has 3 N–H and O–H groups in total. The lowest BCUT2D eigenvalue weighted by Gasteiger charge is -2.18. The van der Waals surface area contributed by atoms with Gasteiger partial charge in [-0.15, -0.1) is 0 Å². The van der Waals surface area contributed by atoms with Crippen molar-refractivity contribution < 1.29 is 4.74 Å². The Hall–Kier alpha value is -2.72. The maximum absolute atomic E-state index is 9.66. The molecular weight excluding hydrogens is 352 g/mol. The van der Waals surface area contributed by atoms with Crippen molar-refractivity contribution in [1.29, 1.82) is 5.26 Å². The van der Waals surface area contributed by atoms with Crippen molar-refractivity contribution in [3.05, 3.63) is 29.2 Å². The van der Waals surface area contributed by atoms with Gasteiger partial charge >= 0.3 is 0 Å². The van der Waals surface area contributed by atoms with E-state index < -0.39 is 0 Å².